The Labute approximate surface area is 158 Å². The van der Waals surface area contributed by atoms with E-state index in [1.165, 1.54) is 24.3 Å². The van der Waals surface area contributed by atoms with E-state index in [9.17, 15) is 22.8 Å². The van der Waals surface area contributed by atoms with Crippen molar-refractivity contribution < 1.29 is 22.8 Å². The van der Waals surface area contributed by atoms with Crippen LogP contribution in [0.25, 0.3) is 22.3 Å². The highest BCUT2D eigenvalue weighted by Crippen LogP contribution is 2.36. The van der Waals surface area contributed by atoms with E-state index >= 15 is 0 Å². The predicted octanol–water partition coefficient (Wildman–Crippen LogP) is 4.24. The lowest BCUT2D eigenvalue weighted by atomic mass is 9.94. The van der Waals surface area contributed by atoms with Crippen LogP contribution >= 0.6 is 0 Å². The van der Waals surface area contributed by atoms with Crippen LogP contribution < -0.4 is 11.5 Å². The van der Waals surface area contributed by atoms with E-state index in [2.05, 4.69) is 0 Å². The molecular weight excluding hydrogens is 369 g/mol. The standard InChI is InChI=1S/C21H15F3N2O2/c22-21(23,24)18-10-16(12-3-1-5-14(7-12)19(25)27)9-17(11-18)13-4-2-6-15(8-13)20(26)28/h1-11H,(H2,25,27)(H2,26,28). The molecule has 142 valence electrons. The van der Waals surface area contributed by atoms with Gasteiger partial charge in [0.2, 0.25) is 11.8 Å². The predicted molar refractivity (Wildman–Crippen MR) is 99.4 cm³/mol. The molecule has 4 nitrogen and oxygen atoms in total. The van der Waals surface area contributed by atoms with Crippen LogP contribution in [0.4, 0.5) is 13.2 Å². The Kier molecular flexibility index (Phi) is 4.92. The van der Waals surface area contributed by atoms with E-state index in [-0.39, 0.29) is 22.3 Å². The van der Waals surface area contributed by atoms with Crippen LogP contribution in [0.5, 0.6) is 0 Å². The third-order valence-electron chi connectivity index (χ3n) is 4.22. The van der Waals surface area contributed by atoms with Gasteiger partial charge in [-0.25, -0.2) is 0 Å². The molecule has 0 aliphatic heterocycles. The van der Waals surface area contributed by atoms with Gasteiger partial charge in [0.25, 0.3) is 0 Å². The summed E-state index contributed by atoms with van der Waals surface area (Å²) in [6.45, 7) is 0. The number of hydrogen-bond acceptors (Lipinski definition) is 2. The molecular formula is C21H15F3N2O2. The van der Waals surface area contributed by atoms with Crippen molar-refractivity contribution in [2.75, 3.05) is 0 Å². The van der Waals surface area contributed by atoms with Gasteiger partial charge in [0.05, 0.1) is 5.56 Å². The third kappa shape index (κ3) is 4.03. The normalized spacial score (nSPS) is 11.2. The number of hydrogen-bond donors (Lipinski definition) is 2. The molecule has 2 amide bonds. The van der Waals surface area contributed by atoms with Crippen molar-refractivity contribution >= 4 is 11.8 Å². The summed E-state index contributed by atoms with van der Waals surface area (Å²) in [6.07, 6.45) is -4.58. The summed E-state index contributed by atoms with van der Waals surface area (Å²) < 4.78 is 40.3. The molecule has 0 spiro atoms. The SMILES string of the molecule is NC(=O)c1cccc(-c2cc(-c3cccc(C(N)=O)c3)cc(C(F)(F)F)c2)c1. The van der Waals surface area contributed by atoms with Gasteiger partial charge in [0, 0.05) is 11.1 Å². The second-order valence-electron chi connectivity index (χ2n) is 6.19. The van der Waals surface area contributed by atoms with E-state index in [1.54, 1.807) is 30.3 Å². The fourth-order valence-electron chi connectivity index (χ4n) is 2.83. The molecule has 0 aromatic heterocycles. The molecule has 3 rings (SSSR count). The summed E-state index contributed by atoms with van der Waals surface area (Å²) in [4.78, 5) is 22.8. The van der Waals surface area contributed by atoms with Crippen LogP contribution in [0.1, 0.15) is 26.3 Å². The summed E-state index contributed by atoms with van der Waals surface area (Å²) >= 11 is 0. The zero-order valence-corrected chi connectivity index (χ0v) is 14.5. The van der Waals surface area contributed by atoms with E-state index in [0.29, 0.717) is 11.1 Å². The number of alkyl halides is 3. The number of amides is 2. The van der Waals surface area contributed by atoms with Gasteiger partial charge < -0.3 is 11.5 Å². The van der Waals surface area contributed by atoms with Crippen molar-refractivity contribution in [1.82, 2.24) is 0 Å². The molecule has 0 fully saturated rings. The molecule has 0 atom stereocenters. The number of halogens is 3. The summed E-state index contributed by atoms with van der Waals surface area (Å²) in [5.74, 6) is -1.36. The van der Waals surface area contributed by atoms with Crippen LogP contribution in [0.3, 0.4) is 0 Å². The maximum atomic E-state index is 13.4. The molecule has 0 heterocycles. The van der Waals surface area contributed by atoms with Gasteiger partial charge in [-0.15, -0.1) is 0 Å². The van der Waals surface area contributed by atoms with Gasteiger partial charge in [0.15, 0.2) is 0 Å². The second-order valence-corrected chi connectivity index (χ2v) is 6.19. The van der Waals surface area contributed by atoms with Crippen molar-refractivity contribution in [2.45, 2.75) is 6.18 Å². The topological polar surface area (TPSA) is 86.2 Å². The zero-order valence-electron chi connectivity index (χ0n) is 14.5. The van der Waals surface area contributed by atoms with Gasteiger partial charge in [0.1, 0.15) is 0 Å². The highest BCUT2D eigenvalue weighted by atomic mass is 19.4. The fraction of sp³-hybridized carbons (Fsp3) is 0.0476. The monoisotopic (exact) mass is 384 g/mol. The molecule has 0 bridgehead atoms. The molecule has 3 aromatic carbocycles. The van der Waals surface area contributed by atoms with Gasteiger partial charge in [-0.05, 0) is 64.7 Å². The smallest absolute Gasteiger partial charge is 0.366 e. The summed E-state index contributed by atoms with van der Waals surface area (Å²) in [6, 6.07) is 15.7. The van der Waals surface area contributed by atoms with Crippen molar-refractivity contribution in [3.8, 4) is 22.3 Å². The van der Waals surface area contributed by atoms with Crippen molar-refractivity contribution in [3.63, 3.8) is 0 Å². The highest BCUT2D eigenvalue weighted by Gasteiger charge is 2.31. The van der Waals surface area contributed by atoms with Crippen LogP contribution in [0.2, 0.25) is 0 Å². The Hall–Kier alpha value is -3.61. The number of nitrogens with two attached hydrogens (primary N) is 2. The molecule has 3 aromatic rings. The summed E-state index contributed by atoms with van der Waals surface area (Å²) in [5.41, 5.74) is 11.4. The van der Waals surface area contributed by atoms with Gasteiger partial charge >= 0.3 is 6.18 Å². The maximum Gasteiger partial charge on any atom is 0.416 e. The summed E-state index contributed by atoms with van der Waals surface area (Å²) in [7, 11) is 0. The molecule has 7 heteroatoms. The van der Waals surface area contributed by atoms with Crippen LogP contribution in [0.15, 0.2) is 66.7 Å². The lowest BCUT2D eigenvalue weighted by Crippen LogP contribution is -2.11. The maximum absolute atomic E-state index is 13.4. The Morgan fingerprint density at radius 3 is 1.43 bits per heavy atom. The summed E-state index contributed by atoms with van der Waals surface area (Å²) in [5, 5.41) is 0. The lowest BCUT2D eigenvalue weighted by molar-refractivity contribution is -0.137. The quantitative estimate of drug-likeness (QED) is 0.705. The van der Waals surface area contributed by atoms with Crippen molar-refractivity contribution in [2.24, 2.45) is 11.5 Å². The van der Waals surface area contributed by atoms with Gasteiger partial charge in [-0.3, -0.25) is 9.59 Å². The first-order chi connectivity index (χ1) is 13.1. The zero-order chi connectivity index (χ0) is 20.5. The van der Waals surface area contributed by atoms with Gasteiger partial charge in [-0.1, -0.05) is 24.3 Å². The molecule has 0 saturated heterocycles. The molecule has 0 saturated carbocycles. The van der Waals surface area contributed by atoms with Gasteiger partial charge in [-0.2, -0.15) is 13.2 Å². The Morgan fingerprint density at radius 2 is 1.07 bits per heavy atom. The average molecular weight is 384 g/mol. The molecule has 0 unspecified atom stereocenters. The second kappa shape index (κ2) is 7.19. The number of carbonyl (C=O) groups excluding carboxylic acids is 2. The molecule has 0 radical (unpaired) electrons. The Balaban J connectivity index is 2.21. The third-order valence-corrected chi connectivity index (χ3v) is 4.22. The first kappa shape index (κ1) is 19.2. The van der Waals surface area contributed by atoms with Crippen molar-refractivity contribution in [3.05, 3.63) is 83.4 Å². The minimum Gasteiger partial charge on any atom is -0.366 e. The minimum absolute atomic E-state index is 0.187. The molecule has 0 aliphatic rings. The first-order valence-corrected chi connectivity index (χ1v) is 8.18. The van der Waals surface area contributed by atoms with Crippen LogP contribution in [0, 0.1) is 0 Å². The van der Waals surface area contributed by atoms with E-state index < -0.39 is 23.6 Å². The Bertz CT molecular complexity index is 999. The number of benzene rings is 3. The minimum atomic E-state index is -4.58. The lowest BCUT2D eigenvalue weighted by Gasteiger charge is -2.13. The fourth-order valence-corrected chi connectivity index (χ4v) is 2.83. The van der Waals surface area contributed by atoms with E-state index in [1.807, 2.05) is 0 Å². The average Bonchev–Trinajstić information content (AvgIpc) is 2.67. The molecule has 4 N–H and O–H groups in total. The highest BCUT2D eigenvalue weighted by molar-refractivity contribution is 5.95. The Morgan fingerprint density at radius 1 is 0.643 bits per heavy atom. The van der Waals surface area contributed by atoms with E-state index in [4.69, 9.17) is 11.5 Å². The first-order valence-electron chi connectivity index (χ1n) is 8.18. The van der Waals surface area contributed by atoms with E-state index in [0.717, 1.165) is 12.1 Å². The van der Waals surface area contributed by atoms with Crippen LogP contribution in [-0.2, 0) is 6.18 Å². The molecule has 0 aliphatic carbocycles. The molecule has 28 heavy (non-hydrogen) atoms. The number of rotatable bonds is 4. The number of carbonyl (C=O) groups is 2. The largest absolute Gasteiger partial charge is 0.416 e. The van der Waals surface area contributed by atoms with Crippen LogP contribution in [-0.4, -0.2) is 11.8 Å². The van der Waals surface area contributed by atoms with Crippen molar-refractivity contribution in [1.29, 1.82) is 0 Å². The number of primary amides is 2.